The van der Waals surface area contributed by atoms with E-state index in [0.717, 1.165) is 5.69 Å². The van der Waals surface area contributed by atoms with Gasteiger partial charge in [0, 0.05) is 32.7 Å². The first-order valence-electron chi connectivity index (χ1n) is 4.84. The average Bonchev–Trinajstić information content (AvgIpc) is 2.81. The van der Waals surface area contributed by atoms with Gasteiger partial charge in [-0.15, -0.1) is 0 Å². The lowest BCUT2D eigenvalue weighted by atomic mass is 10.3. The Morgan fingerprint density at radius 2 is 2.19 bits per heavy atom. The Balaban J connectivity index is 2.37. The number of hydrogen-bond acceptors (Lipinski definition) is 3. The van der Waals surface area contributed by atoms with E-state index in [-0.39, 0.29) is 5.91 Å². The molecule has 0 N–H and O–H groups in total. The molecule has 1 amide bonds. The third kappa shape index (κ3) is 1.93. The highest BCUT2D eigenvalue weighted by molar-refractivity contribution is 5.92. The van der Waals surface area contributed by atoms with Crippen molar-refractivity contribution in [2.75, 3.05) is 14.1 Å². The fourth-order valence-electron chi connectivity index (χ4n) is 1.34. The van der Waals surface area contributed by atoms with Crippen LogP contribution < -0.4 is 0 Å². The second-order valence-electron chi connectivity index (χ2n) is 3.57. The SMILES string of the molecule is CN(C)C(=O)c1cc(-n2ccnc2)ccn1. The van der Waals surface area contributed by atoms with Crippen LogP contribution in [0.25, 0.3) is 5.69 Å². The van der Waals surface area contributed by atoms with E-state index in [2.05, 4.69) is 9.97 Å². The minimum Gasteiger partial charge on any atom is -0.343 e. The summed E-state index contributed by atoms with van der Waals surface area (Å²) >= 11 is 0. The highest BCUT2D eigenvalue weighted by Crippen LogP contribution is 2.08. The quantitative estimate of drug-likeness (QED) is 0.751. The second-order valence-corrected chi connectivity index (χ2v) is 3.57. The molecule has 5 nitrogen and oxygen atoms in total. The van der Waals surface area contributed by atoms with E-state index in [4.69, 9.17) is 0 Å². The number of carbonyl (C=O) groups is 1. The molecule has 2 aromatic rings. The molecule has 0 radical (unpaired) electrons. The van der Waals surface area contributed by atoms with Gasteiger partial charge in [0.1, 0.15) is 5.69 Å². The van der Waals surface area contributed by atoms with Crippen molar-refractivity contribution in [1.29, 1.82) is 0 Å². The van der Waals surface area contributed by atoms with Crippen molar-refractivity contribution >= 4 is 5.91 Å². The van der Waals surface area contributed by atoms with E-state index in [0.29, 0.717) is 5.69 Å². The lowest BCUT2D eigenvalue weighted by molar-refractivity contribution is 0.0822. The molecule has 0 saturated carbocycles. The number of carbonyl (C=O) groups excluding carboxylic acids is 1. The number of hydrogen-bond donors (Lipinski definition) is 0. The standard InChI is InChI=1S/C11H12N4O/c1-14(2)11(16)10-7-9(3-4-13-10)15-6-5-12-8-15/h3-8H,1-2H3. The summed E-state index contributed by atoms with van der Waals surface area (Å²) in [5.74, 6) is -0.109. The Morgan fingerprint density at radius 3 is 2.81 bits per heavy atom. The van der Waals surface area contributed by atoms with E-state index < -0.39 is 0 Å². The minimum absolute atomic E-state index is 0.109. The van der Waals surface area contributed by atoms with Gasteiger partial charge in [0.2, 0.25) is 0 Å². The molecule has 0 saturated heterocycles. The van der Waals surface area contributed by atoms with Crippen LogP contribution in [0.1, 0.15) is 10.5 Å². The number of amides is 1. The maximum absolute atomic E-state index is 11.7. The van der Waals surface area contributed by atoms with Gasteiger partial charge < -0.3 is 9.47 Å². The monoisotopic (exact) mass is 216 g/mol. The molecule has 2 heterocycles. The largest absolute Gasteiger partial charge is 0.343 e. The Bertz CT molecular complexity index is 490. The van der Waals surface area contributed by atoms with Crippen LogP contribution in [0.4, 0.5) is 0 Å². The van der Waals surface area contributed by atoms with Gasteiger partial charge in [0.05, 0.1) is 12.0 Å². The molecule has 2 rings (SSSR count). The van der Waals surface area contributed by atoms with Crippen molar-refractivity contribution in [3.05, 3.63) is 42.7 Å². The number of nitrogens with zero attached hydrogens (tertiary/aromatic N) is 4. The lowest BCUT2D eigenvalue weighted by Crippen LogP contribution is -2.22. The van der Waals surface area contributed by atoms with Crippen LogP contribution in [0, 0.1) is 0 Å². The molecule has 2 aromatic heterocycles. The maximum atomic E-state index is 11.7. The fourth-order valence-corrected chi connectivity index (χ4v) is 1.34. The average molecular weight is 216 g/mol. The maximum Gasteiger partial charge on any atom is 0.272 e. The van der Waals surface area contributed by atoms with Crippen molar-refractivity contribution in [3.8, 4) is 5.69 Å². The van der Waals surface area contributed by atoms with Crippen LogP contribution >= 0.6 is 0 Å². The first-order chi connectivity index (χ1) is 7.68. The van der Waals surface area contributed by atoms with Crippen LogP contribution in [0.3, 0.4) is 0 Å². The summed E-state index contributed by atoms with van der Waals surface area (Å²) in [7, 11) is 3.40. The van der Waals surface area contributed by atoms with Gasteiger partial charge in [0.25, 0.3) is 5.91 Å². The Labute approximate surface area is 93.4 Å². The Morgan fingerprint density at radius 1 is 1.38 bits per heavy atom. The predicted molar refractivity (Wildman–Crippen MR) is 59.4 cm³/mol. The van der Waals surface area contributed by atoms with E-state index in [9.17, 15) is 4.79 Å². The fraction of sp³-hybridized carbons (Fsp3) is 0.182. The Kier molecular flexibility index (Phi) is 2.68. The third-order valence-electron chi connectivity index (χ3n) is 2.17. The van der Waals surface area contributed by atoms with Crippen molar-refractivity contribution in [2.45, 2.75) is 0 Å². The molecule has 82 valence electrons. The summed E-state index contributed by atoms with van der Waals surface area (Å²) in [5.41, 5.74) is 1.30. The smallest absolute Gasteiger partial charge is 0.272 e. The zero-order chi connectivity index (χ0) is 11.5. The number of imidazole rings is 1. The van der Waals surface area contributed by atoms with Crippen molar-refractivity contribution in [2.24, 2.45) is 0 Å². The van der Waals surface area contributed by atoms with E-state index in [1.165, 1.54) is 4.90 Å². The summed E-state index contributed by atoms with van der Waals surface area (Å²) in [6, 6.07) is 3.57. The van der Waals surface area contributed by atoms with E-state index in [1.807, 2.05) is 16.8 Å². The molecule has 0 spiro atoms. The zero-order valence-corrected chi connectivity index (χ0v) is 9.16. The highest BCUT2D eigenvalue weighted by atomic mass is 16.2. The normalized spacial score (nSPS) is 10.1. The lowest BCUT2D eigenvalue weighted by Gasteiger charge is -2.10. The van der Waals surface area contributed by atoms with Crippen LogP contribution in [-0.2, 0) is 0 Å². The molecular weight excluding hydrogens is 204 g/mol. The Hall–Kier alpha value is -2.17. The van der Waals surface area contributed by atoms with Gasteiger partial charge in [-0.3, -0.25) is 9.78 Å². The van der Waals surface area contributed by atoms with Gasteiger partial charge in [-0.1, -0.05) is 0 Å². The zero-order valence-electron chi connectivity index (χ0n) is 9.16. The molecule has 0 aliphatic rings. The minimum atomic E-state index is -0.109. The summed E-state index contributed by atoms with van der Waals surface area (Å²) in [6.07, 6.45) is 6.80. The van der Waals surface area contributed by atoms with E-state index >= 15 is 0 Å². The molecule has 0 atom stereocenters. The molecule has 0 aliphatic heterocycles. The van der Waals surface area contributed by atoms with Gasteiger partial charge in [-0.2, -0.15) is 0 Å². The molecule has 0 fully saturated rings. The predicted octanol–water partition coefficient (Wildman–Crippen LogP) is 0.969. The third-order valence-corrected chi connectivity index (χ3v) is 2.17. The topological polar surface area (TPSA) is 51.0 Å². The van der Waals surface area contributed by atoms with Crippen molar-refractivity contribution < 1.29 is 4.79 Å². The molecular formula is C11H12N4O. The summed E-state index contributed by atoms with van der Waals surface area (Å²) in [6.45, 7) is 0. The van der Waals surface area contributed by atoms with Crippen LogP contribution in [-0.4, -0.2) is 39.4 Å². The first-order valence-corrected chi connectivity index (χ1v) is 4.84. The second kappa shape index (κ2) is 4.14. The van der Waals surface area contributed by atoms with E-state index in [1.54, 1.807) is 38.9 Å². The molecule has 5 heteroatoms. The molecule has 16 heavy (non-hydrogen) atoms. The van der Waals surface area contributed by atoms with Gasteiger partial charge in [0.15, 0.2) is 0 Å². The van der Waals surface area contributed by atoms with Gasteiger partial charge in [-0.25, -0.2) is 4.98 Å². The number of rotatable bonds is 2. The van der Waals surface area contributed by atoms with Crippen LogP contribution in [0.5, 0.6) is 0 Å². The summed E-state index contributed by atoms with van der Waals surface area (Å²) < 4.78 is 1.83. The van der Waals surface area contributed by atoms with Crippen molar-refractivity contribution in [1.82, 2.24) is 19.4 Å². The molecule has 0 aromatic carbocycles. The number of pyridine rings is 1. The van der Waals surface area contributed by atoms with Crippen LogP contribution in [0.15, 0.2) is 37.1 Å². The van der Waals surface area contributed by atoms with Gasteiger partial charge in [-0.05, 0) is 12.1 Å². The first kappa shape index (κ1) is 10.4. The molecule has 0 aliphatic carbocycles. The summed E-state index contributed by atoms with van der Waals surface area (Å²) in [5, 5.41) is 0. The van der Waals surface area contributed by atoms with Gasteiger partial charge >= 0.3 is 0 Å². The number of aromatic nitrogens is 3. The molecule has 0 unspecified atom stereocenters. The van der Waals surface area contributed by atoms with Crippen LogP contribution in [0.2, 0.25) is 0 Å². The molecule has 0 bridgehead atoms. The highest BCUT2D eigenvalue weighted by Gasteiger charge is 2.10. The van der Waals surface area contributed by atoms with Crippen molar-refractivity contribution in [3.63, 3.8) is 0 Å². The summed E-state index contributed by atoms with van der Waals surface area (Å²) in [4.78, 5) is 21.2.